The molecule has 0 bridgehead atoms. The lowest BCUT2D eigenvalue weighted by Gasteiger charge is -2.35. The normalized spacial score (nSPS) is 19.0. The zero-order valence-electron chi connectivity index (χ0n) is 12.6. The Balaban J connectivity index is 1.97. The van der Waals surface area contributed by atoms with Crippen molar-refractivity contribution in [1.82, 2.24) is 10.6 Å². The van der Waals surface area contributed by atoms with Crippen molar-refractivity contribution < 1.29 is 13.9 Å². The van der Waals surface area contributed by atoms with Crippen LogP contribution in [-0.2, 0) is 16.0 Å². The molecule has 2 rings (SSSR count). The third-order valence-electron chi connectivity index (χ3n) is 4.08. The maximum Gasteiger partial charge on any atom is 0.252 e. The van der Waals surface area contributed by atoms with E-state index in [1.807, 2.05) is 6.92 Å². The van der Waals surface area contributed by atoms with Gasteiger partial charge in [0.2, 0.25) is 0 Å². The Morgan fingerprint density at radius 2 is 2.10 bits per heavy atom. The summed E-state index contributed by atoms with van der Waals surface area (Å²) in [5.41, 5.74) is -0.142. The van der Waals surface area contributed by atoms with Crippen LogP contribution in [0.4, 0.5) is 4.39 Å². The van der Waals surface area contributed by atoms with E-state index >= 15 is 0 Å². The molecule has 1 aromatic carbocycles. The molecule has 116 valence electrons. The van der Waals surface area contributed by atoms with Crippen LogP contribution < -0.4 is 10.6 Å². The molecule has 21 heavy (non-hydrogen) atoms. The van der Waals surface area contributed by atoms with Gasteiger partial charge < -0.3 is 15.4 Å². The third kappa shape index (κ3) is 3.80. The van der Waals surface area contributed by atoms with Crippen LogP contribution in [0.5, 0.6) is 0 Å². The van der Waals surface area contributed by atoms with Crippen LogP contribution in [0.15, 0.2) is 24.3 Å². The fourth-order valence-electron chi connectivity index (χ4n) is 2.75. The number of benzene rings is 1. The van der Waals surface area contributed by atoms with Gasteiger partial charge in [0.05, 0.1) is 0 Å². The van der Waals surface area contributed by atoms with Crippen LogP contribution in [0.1, 0.15) is 25.3 Å². The molecule has 1 aliphatic rings. The second kappa shape index (κ2) is 7.00. The molecule has 1 fully saturated rings. The molecule has 1 aliphatic heterocycles. The van der Waals surface area contributed by atoms with Gasteiger partial charge in [0.15, 0.2) is 0 Å². The number of amides is 1. The van der Waals surface area contributed by atoms with Crippen LogP contribution >= 0.6 is 0 Å². The van der Waals surface area contributed by atoms with E-state index < -0.39 is 5.60 Å². The van der Waals surface area contributed by atoms with Crippen LogP contribution in [0, 0.1) is 5.82 Å². The molecule has 1 heterocycles. The lowest BCUT2D eigenvalue weighted by Crippen LogP contribution is -2.55. The van der Waals surface area contributed by atoms with Crippen molar-refractivity contribution in [3.05, 3.63) is 35.6 Å². The minimum Gasteiger partial charge on any atom is -0.368 e. The number of nitrogens with one attached hydrogen (secondary N) is 2. The average molecular weight is 294 g/mol. The Kier molecular flexibility index (Phi) is 5.31. The molecule has 4 nitrogen and oxygen atoms in total. The molecule has 0 aromatic heterocycles. The van der Waals surface area contributed by atoms with Crippen LogP contribution in [0.25, 0.3) is 0 Å². The van der Waals surface area contributed by atoms with Gasteiger partial charge in [-0.2, -0.15) is 0 Å². The summed E-state index contributed by atoms with van der Waals surface area (Å²) in [4.78, 5) is 12.5. The Morgan fingerprint density at radius 3 is 2.71 bits per heavy atom. The maximum atomic E-state index is 13.6. The van der Waals surface area contributed by atoms with Crippen LogP contribution in [-0.4, -0.2) is 37.7 Å². The summed E-state index contributed by atoms with van der Waals surface area (Å²) in [5, 5.41) is 6.18. The third-order valence-corrected chi connectivity index (χ3v) is 4.08. The number of hydrogen-bond donors (Lipinski definition) is 2. The van der Waals surface area contributed by atoms with Crippen molar-refractivity contribution in [1.29, 1.82) is 0 Å². The van der Waals surface area contributed by atoms with Crippen LogP contribution in [0.3, 0.4) is 0 Å². The van der Waals surface area contributed by atoms with E-state index in [0.717, 1.165) is 13.1 Å². The molecule has 1 amide bonds. The topological polar surface area (TPSA) is 50.4 Å². The predicted molar refractivity (Wildman–Crippen MR) is 79.6 cm³/mol. The van der Waals surface area contributed by atoms with E-state index in [9.17, 15) is 9.18 Å². The Morgan fingerprint density at radius 1 is 1.43 bits per heavy atom. The molecule has 0 spiro atoms. The molecule has 2 N–H and O–H groups in total. The van der Waals surface area contributed by atoms with E-state index in [1.54, 1.807) is 25.3 Å². The van der Waals surface area contributed by atoms with E-state index in [1.165, 1.54) is 6.07 Å². The Hall–Kier alpha value is -1.46. The number of hydrogen-bond acceptors (Lipinski definition) is 3. The van der Waals surface area contributed by atoms with Crippen LogP contribution in [0.2, 0.25) is 0 Å². The number of halogens is 1. The van der Waals surface area contributed by atoms with Gasteiger partial charge in [0, 0.05) is 13.2 Å². The van der Waals surface area contributed by atoms with Crippen molar-refractivity contribution in [2.24, 2.45) is 0 Å². The first-order chi connectivity index (χ1) is 10.1. The highest BCUT2D eigenvalue weighted by Crippen LogP contribution is 2.23. The number of carbonyl (C=O) groups excluding carboxylic acids is 1. The first-order valence-corrected chi connectivity index (χ1v) is 7.37. The highest BCUT2D eigenvalue weighted by Gasteiger charge is 2.40. The van der Waals surface area contributed by atoms with Gasteiger partial charge in [-0.05, 0) is 50.9 Å². The SMILES string of the molecule is COC1(C(=O)NC(C)Cc2ccccc2F)CCNCC1. The Labute approximate surface area is 125 Å². The lowest BCUT2D eigenvalue weighted by atomic mass is 9.90. The summed E-state index contributed by atoms with van der Waals surface area (Å²) in [7, 11) is 1.58. The quantitative estimate of drug-likeness (QED) is 0.868. The van der Waals surface area contributed by atoms with Gasteiger partial charge in [0.1, 0.15) is 11.4 Å². The molecular weight excluding hydrogens is 271 g/mol. The zero-order valence-corrected chi connectivity index (χ0v) is 12.6. The molecule has 0 saturated carbocycles. The second-order valence-corrected chi connectivity index (χ2v) is 5.62. The molecule has 5 heteroatoms. The van der Waals surface area contributed by atoms with E-state index in [4.69, 9.17) is 4.74 Å². The van der Waals surface area contributed by atoms with E-state index in [0.29, 0.717) is 24.8 Å². The predicted octanol–water partition coefficient (Wildman–Crippen LogP) is 1.64. The monoisotopic (exact) mass is 294 g/mol. The largest absolute Gasteiger partial charge is 0.368 e. The molecule has 1 unspecified atom stereocenters. The van der Waals surface area contributed by atoms with Crippen molar-refractivity contribution >= 4 is 5.91 Å². The highest BCUT2D eigenvalue weighted by atomic mass is 19.1. The average Bonchev–Trinajstić information content (AvgIpc) is 2.50. The summed E-state index contributed by atoms with van der Waals surface area (Å²) >= 11 is 0. The summed E-state index contributed by atoms with van der Waals surface area (Å²) in [6.07, 6.45) is 1.78. The smallest absolute Gasteiger partial charge is 0.252 e. The summed E-state index contributed by atoms with van der Waals surface area (Å²) < 4.78 is 19.1. The lowest BCUT2D eigenvalue weighted by molar-refractivity contribution is -0.147. The minimum absolute atomic E-state index is 0.102. The number of carbonyl (C=O) groups is 1. The fourth-order valence-corrected chi connectivity index (χ4v) is 2.75. The molecule has 1 aromatic rings. The van der Waals surface area contributed by atoms with Crippen molar-refractivity contribution in [2.45, 2.75) is 37.8 Å². The van der Waals surface area contributed by atoms with E-state index in [-0.39, 0.29) is 17.8 Å². The molecule has 1 atom stereocenters. The number of piperidine rings is 1. The number of ether oxygens (including phenoxy) is 1. The summed E-state index contributed by atoms with van der Waals surface area (Å²) in [5.74, 6) is -0.336. The number of methoxy groups -OCH3 is 1. The van der Waals surface area contributed by atoms with Gasteiger partial charge in [0.25, 0.3) is 5.91 Å². The van der Waals surface area contributed by atoms with Gasteiger partial charge >= 0.3 is 0 Å². The molecule has 0 radical (unpaired) electrons. The van der Waals surface area contributed by atoms with Gasteiger partial charge in [-0.15, -0.1) is 0 Å². The van der Waals surface area contributed by atoms with Gasteiger partial charge in [-0.3, -0.25) is 4.79 Å². The first-order valence-electron chi connectivity index (χ1n) is 7.37. The molecule has 0 aliphatic carbocycles. The van der Waals surface area contributed by atoms with Crippen molar-refractivity contribution in [3.8, 4) is 0 Å². The Bertz CT molecular complexity index is 487. The van der Waals surface area contributed by atoms with E-state index in [2.05, 4.69) is 10.6 Å². The second-order valence-electron chi connectivity index (χ2n) is 5.62. The van der Waals surface area contributed by atoms with Gasteiger partial charge in [-0.1, -0.05) is 18.2 Å². The molecule has 1 saturated heterocycles. The maximum absolute atomic E-state index is 13.6. The van der Waals surface area contributed by atoms with Crippen molar-refractivity contribution in [2.75, 3.05) is 20.2 Å². The van der Waals surface area contributed by atoms with Crippen molar-refractivity contribution in [3.63, 3.8) is 0 Å². The first kappa shape index (κ1) is 15.9. The molecular formula is C16H23FN2O2. The highest BCUT2D eigenvalue weighted by molar-refractivity contribution is 5.85. The van der Waals surface area contributed by atoms with Gasteiger partial charge in [-0.25, -0.2) is 4.39 Å². The fraction of sp³-hybridized carbons (Fsp3) is 0.562. The number of rotatable bonds is 5. The standard InChI is InChI=1S/C16H23FN2O2/c1-12(11-13-5-3-4-6-14(13)17)19-15(20)16(21-2)7-9-18-10-8-16/h3-6,12,18H,7-11H2,1-2H3,(H,19,20). The zero-order chi connectivity index (χ0) is 15.3. The summed E-state index contributed by atoms with van der Waals surface area (Å²) in [6, 6.07) is 6.51. The minimum atomic E-state index is -0.755. The summed E-state index contributed by atoms with van der Waals surface area (Å²) in [6.45, 7) is 3.42.